The van der Waals surface area contributed by atoms with Crippen molar-refractivity contribution in [3.8, 4) is 0 Å². The highest BCUT2D eigenvalue weighted by Crippen LogP contribution is 2.31. The summed E-state index contributed by atoms with van der Waals surface area (Å²) in [6.07, 6.45) is 1.37. The smallest absolute Gasteiger partial charge is 0.326 e. The lowest BCUT2D eigenvalue weighted by atomic mass is 10.1. The van der Waals surface area contributed by atoms with Crippen molar-refractivity contribution in [2.45, 2.75) is 18.9 Å². The Labute approximate surface area is 152 Å². The standard InChI is InChI=1S/C18H17N5O4/c1-22-15(19-11-6-3-2-5-10(11)16(22)25)13-7-4-8-23(13)17(26)12-9-14(24)21-18(27)20-12/h2-3,5-6,9,13H,4,7-8H2,1H3,(H2,20,21,24,27). The summed E-state index contributed by atoms with van der Waals surface area (Å²) >= 11 is 0. The van der Waals surface area contributed by atoms with Gasteiger partial charge in [-0.05, 0) is 25.0 Å². The lowest BCUT2D eigenvalue weighted by Gasteiger charge is -2.25. The molecule has 0 bridgehead atoms. The summed E-state index contributed by atoms with van der Waals surface area (Å²) in [7, 11) is 1.63. The second-order valence-corrected chi connectivity index (χ2v) is 6.51. The number of benzene rings is 1. The fraction of sp³-hybridized carbons (Fsp3) is 0.278. The first-order valence-electron chi connectivity index (χ1n) is 8.56. The monoisotopic (exact) mass is 367 g/mol. The molecule has 1 saturated heterocycles. The minimum absolute atomic E-state index is 0.0820. The van der Waals surface area contributed by atoms with Crippen molar-refractivity contribution in [2.24, 2.45) is 7.05 Å². The second-order valence-electron chi connectivity index (χ2n) is 6.51. The third-order valence-electron chi connectivity index (χ3n) is 4.82. The molecule has 1 atom stereocenters. The van der Waals surface area contributed by atoms with Gasteiger partial charge in [0.05, 0.1) is 16.9 Å². The molecular formula is C18H17N5O4. The van der Waals surface area contributed by atoms with E-state index in [1.807, 2.05) is 4.98 Å². The maximum absolute atomic E-state index is 12.9. The SMILES string of the molecule is Cn1c(C2CCCN2C(=O)c2cc(=O)[nH]c(=O)[nH]2)nc2ccccc2c1=O. The Morgan fingerprint density at radius 2 is 1.96 bits per heavy atom. The summed E-state index contributed by atoms with van der Waals surface area (Å²) < 4.78 is 1.46. The van der Waals surface area contributed by atoms with Gasteiger partial charge >= 0.3 is 5.69 Å². The van der Waals surface area contributed by atoms with E-state index >= 15 is 0 Å². The van der Waals surface area contributed by atoms with Crippen molar-refractivity contribution >= 4 is 16.8 Å². The number of rotatable bonds is 2. The molecule has 3 aromatic rings. The van der Waals surface area contributed by atoms with Gasteiger partial charge in [-0.25, -0.2) is 9.78 Å². The van der Waals surface area contributed by atoms with Crippen LogP contribution in [-0.4, -0.2) is 36.9 Å². The van der Waals surface area contributed by atoms with Crippen LogP contribution in [0.25, 0.3) is 10.9 Å². The number of carbonyl (C=O) groups is 1. The van der Waals surface area contributed by atoms with E-state index in [-0.39, 0.29) is 11.3 Å². The fourth-order valence-corrected chi connectivity index (χ4v) is 3.55. The molecule has 1 aliphatic rings. The Hall–Kier alpha value is -3.49. The van der Waals surface area contributed by atoms with Crippen LogP contribution in [0.2, 0.25) is 0 Å². The number of nitrogens with zero attached hydrogens (tertiary/aromatic N) is 3. The zero-order valence-electron chi connectivity index (χ0n) is 14.6. The number of likely N-dealkylation sites (tertiary alicyclic amines) is 1. The summed E-state index contributed by atoms with van der Waals surface area (Å²) in [5.74, 6) is 0.0137. The van der Waals surface area contributed by atoms with Crippen molar-refractivity contribution < 1.29 is 4.79 Å². The van der Waals surface area contributed by atoms with Crippen LogP contribution in [0.4, 0.5) is 0 Å². The summed E-state index contributed by atoms with van der Waals surface area (Å²) in [6.45, 7) is 0.445. The van der Waals surface area contributed by atoms with Crippen LogP contribution >= 0.6 is 0 Å². The van der Waals surface area contributed by atoms with Gasteiger partial charge in [-0.15, -0.1) is 0 Å². The number of aromatic amines is 2. The highest BCUT2D eigenvalue weighted by molar-refractivity contribution is 5.92. The predicted octanol–water partition coefficient (Wildman–Crippen LogP) is 0.287. The highest BCUT2D eigenvalue weighted by atomic mass is 16.2. The van der Waals surface area contributed by atoms with E-state index in [2.05, 4.69) is 9.97 Å². The van der Waals surface area contributed by atoms with Crippen molar-refractivity contribution in [2.75, 3.05) is 6.54 Å². The molecule has 0 radical (unpaired) electrons. The topological polar surface area (TPSA) is 121 Å². The number of aromatic nitrogens is 4. The summed E-state index contributed by atoms with van der Waals surface area (Å²) in [5.41, 5.74) is -1.08. The maximum Gasteiger partial charge on any atom is 0.326 e. The first kappa shape index (κ1) is 17.0. The van der Waals surface area contributed by atoms with E-state index in [0.29, 0.717) is 29.7 Å². The number of fused-ring (bicyclic) bond motifs is 1. The van der Waals surface area contributed by atoms with Crippen LogP contribution in [0.5, 0.6) is 0 Å². The molecule has 3 heterocycles. The van der Waals surface area contributed by atoms with Gasteiger partial charge in [0.25, 0.3) is 17.0 Å². The molecule has 9 heteroatoms. The summed E-state index contributed by atoms with van der Waals surface area (Å²) in [6, 6.07) is 7.70. The van der Waals surface area contributed by atoms with E-state index in [1.54, 1.807) is 36.2 Å². The number of hydrogen-bond donors (Lipinski definition) is 2. The average Bonchev–Trinajstić information content (AvgIpc) is 3.12. The summed E-state index contributed by atoms with van der Waals surface area (Å²) in [5, 5.41) is 0.513. The van der Waals surface area contributed by atoms with Gasteiger partial charge in [0.1, 0.15) is 11.5 Å². The molecule has 4 rings (SSSR count). The number of nitrogens with one attached hydrogen (secondary N) is 2. The van der Waals surface area contributed by atoms with Crippen molar-refractivity contribution in [3.63, 3.8) is 0 Å². The molecule has 9 nitrogen and oxygen atoms in total. The Kier molecular flexibility index (Phi) is 3.98. The van der Waals surface area contributed by atoms with Gasteiger partial charge in [-0.3, -0.25) is 23.9 Å². The number of para-hydroxylation sites is 1. The van der Waals surface area contributed by atoms with Crippen LogP contribution in [0.3, 0.4) is 0 Å². The first-order valence-corrected chi connectivity index (χ1v) is 8.56. The normalized spacial score (nSPS) is 16.8. The molecular weight excluding hydrogens is 350 g/mol. The zero-order chi connectivity index (χ0) is 19.1. The second kappa shape index (κ2) is 6.35. The van der Waals surface area contributed by atoms with Crippen molar-refractivity contribution in [3.05, 3.63) is 73.0 Å². The molecule has 2 N–H and O–H groups in total. The number of carbonyl (C=O) groups excluding carboxylic acids is 1. The highest BCUT2D eigenvalue weighted by Gasteiger charge is 2.34. The van der Waals surface area contributed by atoms with Crippen molar-refractivity contribution in [1.82, 2.24) is 24.4 Å². The van der Waals surface area contributed by atoms with Crippen LogP contribution in [0.15, 0.2) is 44.7 Å². The third-order valence-corrected chi connectivity index (χ3v) is 4.82. The van der Waals surface area contributed by atoms with Gasteiger partial charge in [-0.2, -0.15) is 0 Å². The minimum Gasteiger partial charge on any atom is -0.327 e. The third kappa shape index (κ3) is 2.86. The summed E-state index contributed by atoms with van der Waals surface area (Å²) in [4.78, 5) is 59.1. The number of hydrogen-bond acceptors (Lipinski definition) is 5. The molecule has 1 fully saturated rings. The van der Waals surface area contributed by atoms with E-state index in [0.717, 1.165) is 12.5 Å². The lowest BCUT2D eigenvalue weighted by Crippen LogP contribution is -2.37. The van der Waals surface area contributed by atoms with Crippen LogP contribution in [0, 0.1) is 0 Å². The molecule has 0 spiro atoms. The average molecular weight is 367 g/mol. The minimum atomic E-state index is -0.738. The predicted molar refractivity (Wildman–Crippen MR) is 97.7 cm³/mol. The van der Waals surface area contributed by atoms with E-state index in [4.69, 9.17) is 0 Å². The molecule has 1 amide bonds. The number of H-pyrrole nitrogens is 2. The van der Waals surface area contributed by atoms with Crippen LogP contribution in [0.1, 0.15) is 35.2 Å². The quantitative estimate of drug-likeness (QED) is 0.674. The van der Waals surface area contributed by atoms with Gasteiger partial charge in [0.2, 0.25) is 0 Å². The first-order chi connectivity index (χ1) is 13.0. The molecule has 2 aromatic heterocycles. The van der Waals surface area contributed by atoms with Gasteiger partial charge in [0, 0.05) is 19.7 Å². The molecule has 27 heavy (non-hydrogen) atoms. The Morgan fingerprint density at radius 1 is 1.19 bits per heavy atom. The maximum atomic E-state index is 12.9. The van der Waals surface area contributed by atoms with Crippen LogP contribution in [-0.2, 0) is 7.05 Å². The molecule has 1 aliphatic heterocycles. The molecule has 0 aliphatic carbocycles. The van der Waals surface area contributed by atoms with Gasteiger partial charge in [0.15, 0.2) is 0 Å². The zero-order valence-corrected chi connectivity index (χ0v) is 14.6. The fourth-order valence-electron chi connectivity index (χ4n) is 3.55. The molecule has 138 valence electrons. The molecule has 0 saturated carbocycles. The van der Waals surface area contributed by atoms with E-state index < -0.39 is 23.2 Å². The molecule has 1 aromatic carbocycles. The number of amides is 1. The van der Waals surface area contributed by atoms with Gasteiger partial charge < -0.3 is 9.88 Å². The molecule has 1 unspecified atom stereocenters. The van der Waals surface area contributed by atoms with Crippen molar-refractivity contribution in [1.29, 1.82) is 0 Å². The van der Waals surface area contributed by atoms with E-state index in [9.17, 15) is 19.2 Å². The Morgan fingerprint density at radius 3 is 2.74 bits per heavy atom. The lowest BCUT2D eigenvalue weighted by molar-refractivity contribution is 0.0720. The largest absolute Gasteiger partial charge is 0.327 e. The van der Waals surface area contributed by atoms with Crippen LogP contribution < -0.4 is 16.8 Å². The Balaban J connectivity index is 1.80. The van der Waals surface area contributed by atoms with E-state index in [1.165, 1.54) is 4.57 Å². The van der Waals surface area contributed by atoms with Gasteiger partial charge in [-0.1, -0.05) is 12.1 Å². The Bertz CT molecular complexity index is 1190.